The minimum absolute atomic E-state index is 0.0115. The normalized spacial score (nSPS) is 11.0. The highest BCUT2D eigenvalue weighted by Crippen LogP contribution is 2.22. The molecule has 0 saturated heterocycles. The summed E-state index contributed by atoms with van der Waals surface area (Å²) in [7, 11) is 0. The van der Waals surface area contributed by atoms with Crippen LogP contribution in [0.4, 0.5) is 10.2 Å². The van der Waals surface area contributed by atoms with E-state index in [1.165, 1.54) is 18.2 Å². The number of anilines is 1. The van der Waals surface area contributed by atoms with Crippen molar-refractivity contribution in [1.29, 1.82) is 0 Å². The summed E-state index contributed by atoms with van der Waals surface area (Å²) < 4.78 is 14.7. The van der Waals surface area contributed by atoms with Gasteiger partial charge in [-0.3, -0.25) is 0 Å². The van der Waals surface area contributed by atoms with Gasteiger partial charge < -0.3 is 15.5 Å². The van der Waals surface area contributed by atoms with Gasteiger partial charge in [-0.15, -0.1) is 15.3 Å². The Balaban J connectivity index is 1.62. The first kappa shape index (κ1) is 15.8. The summed E-state index contributed by atoms with van der Waals surface area (Å²) >= 11 is 0. The van der Waals surface area contributed by atoms with E-state index in [9.17, 15) is 14.6 Å². The maximum Gasteiger partial charge on any atom is 0.185 e. The second-order valence-corrected chi connectivity index (χ2v) is 5.73. The van der Waals surface area contributed by atoms with Crippen molar-refractivity contribution < 1.29 is 14.6 Å². The lowest BCUT2D eigenvalue weighted by Gasteiger charge is -2.07. The third-order valence-corrected chi connectivity index (χ3v) is 3.80. The van der Waals surface area contributed by atoms with Gasteiger partial charge in [-0.05, 0) is 54.1 Å². The Bertz CT molecular complexity index is 1060. The molecule has 7 nitrogen and oxygen atoms in total. The van der Waals surface area contributed by atoms with Crippen LogP contribution in [-0.2, 0) is 6.54 Å². The number of hydrogen-bond donors (Lipinski definition) is 3. The number of phenols is 2. The van der Waals surface area contributed by atoms with E-state index in [4.69, 9.17) is 0 Å². The molecule has 0 atom stereocenters. The number of nitrogens with one attached hydrogen (secondary N) is 1. The molecule has 8 heteroatoms. The highest BCUT2D eigenvalue weighted by atomic mass is 19.1. The summed E-state index contributed by atoms with van der Waals surface area (Å²) in [5.74, 6) is 0.708. The molecular formula is C18H14FN5O2. The van der Waals surface area contributed by atoms with E-state index >= 15 is 0 Å². The summed E-state index contributed by atoms with van der Waals surface area (Å²) in [6, 6.07) is 13.8. The van der Waals surface area contributed by atoms with Crippen molar-refractivity contribution in [3.05, 3.63) is 66.0 Å². The zero-order valence-electron chi connectivity index (χ0n) is 13.5. The number of benzene rings is 2. The Morgan fingerprint density at radius 1 is 0.923 bits per heavy atom. The molecular weight excluding hydrogens is 337 g/mol. The van der Waals surface area contributed by atoms with Crippen LogP contribution in [0.25, 0.3) is 17.0 Å². The quantitative estimate of drug-likeness (QED) is 0.523. The van der Waals surface area contributed by atoms with Crippen molar-refractivity contribution in [3.8, 4) is 22.9 Å². The number of halogens is 1. The van der Waals surface area contributed by atoms with Crippen molar-refractivity contribution in [3.63, 3.8) is 0 Å². The molecule has 0 aliphatic heterocycles. The van der Waals surface area contributed by atoms with Gasteiger partial charge in [-0.2, -0.15) is 4.52 Å². The first-order chi connectivity index (χ1) is 12.6. The zero-order valence-corrected chi connectivity index (χ0v) is 13.5. The molecule has 130 valence electrons. The molecule has 0 saturated carbocycles. The fourth-order valence-corrected chi connectivity index (χ4v) is 2.61. The van der Waals surface area contributed by atoms with Crippen LogP contribution in [0.3, 0.4) is 0 Å². The largest absolute Gasteiger partial charge is 0.508 e. The van der Waals surface area contributed by atoms with Crippen LogP contribution in [0.1, 0.15) is 5.56 Å². The number of hydrogen-bond acceptors (Lipinski definition) is 6. The molecule has 4 rings (SSSR count). The Hall–Kier alpha value is -3.68. The number of phenolic OH excluding ortho intramolecular Hbond substituents is 2. The summed E-state index contributed by atoms with van der Waals surface area (Å²) in [6.07, 6.45) is 0. The van der Waals surface area contributed by atoms with Crippen LogP contribution in [0.2, 0.25) is 0 Å². The van der Waals surface area contributed by atoms with Gasteiger partial charge in [0, 0.05) is 18.2 Å². The van der Waals surface area contributed by atoms with E-state index < -0.39 is 0 Å². The molecule has 0 amide bonds. The topological polar surface area (TPSA) is 95.6 Å². The molecule has 0 aliphatic carbocycles. The summed E-state index contributed by atoms with van der Waals surface area (Å²) in [6.45, 7) is 0.356. The van der Waals surface area contributed by atoms with Gasteiger partial charge in [0.2, 0.25) is 0 Å². The van der Waals surface area contributed by atoms with Crippen molar-refractivity contribution in [1.82, 2.24) is 19.8 Å². The van der Waals surface area contributed by atoms with Gasteiger partial charge in [0.25, 0.3) is 0 Å². The van der Waals surface area contributed by atoms with E-state index in [1.807, 2.05) is 0 Å². The molecule has 0 unspecified atom stereocenters. The fourth-order valence-electron chi connectivity index (χ4n) is 2.61. The van der Waals surface area contributed by atoms with Crippen LogP contribution >= 0.6 is 0 Å². The Labute approximate surface area is 147 Å². The van der Waals surface area contributed by atoms with E-state index in [2.05, 4.69) is 20.6 Å². The van der Waals surface area contributed by atoms with Crippen LogP contribution in [0, 0.1) is 5.82 Å². The molecule has 0 spiro atoms. The highest BCUT2D eigenvalue weighted by molar-refractivity contribution is 5.59. The van der Waals surface area contributed by atoms with Crippen molar-refractivity contribution in [2.24, 2.45) is 0 Å². The maximum atomic E-state index is 13.1. The molecule has 0 aliphatic rings. The van der Waals surface area contributed by atoms with Gasteiger partial charge in [-0.1, -0.05) is 0 Å². The number of aromatic hydroxyl groups is 2. The molecule has 4 aromatic rings. The molecule has 0 radical (unpaired) electrons. The lowest BCUT2D eigenvalue weighted by molar-refractivity contribution is 0.449. The monoisotopic (exact) mass is 351 g/mol. The Kier molecular flexibility index (Phi) is 3.85. The van der Waals surface area contributed by atoms with Gasteiger partial charge in [0.15, 0.2) is 11.5 Å². The first-order valence-electron chi connectivity index (χ1n) is 7.83. The SMILES string of the molecule is Oc1cc(O)cc(CNc2ccc3nnc(-c4ccc(F)cc4)n3n2)c1. The van der Waals surface area contributed by atoms with Gasteiger partial charge in [0.05, 0.1) is 0 Å². The molecule has 0 fully saturated rings. The zero-order chi connectivity index (χ0) is 18.1. The van der Waals surface area contributed by atoms with E-state index in [-0.39, 0.29) is 17.3 Å². The van der Waals surface area contributed by atoms with E-state index in [0.29, 0.717) is 35.0 Å². The second-order valence-electron chi connectivity index (χ2n) is 5.73. The lowest BCUT2D eigenvalue weighted by atomic mass is 10.2. The maximum absolute atomic E-state index is 13.1. The molecule has 0 bridgehead atoms. The first-order valence-corrected chi connectivity index (χ1v) is 7.83. The molecule has 3 N–H and O–H groups in total. The fraction of sp³-hybridized carbons (Fsp3) is 0.0556. The number of aromatic nitrogens is 4. The number of rotatable bonds is 4. The second kappa shape index (κ2) is 6.32. The van der Waals surface area contributed by atoms with Crippen molar-refractivity contribution in [2.75, 3.05) is 5.32 Å². The summed E-state index contributed by atoms with van der Waals surface area (Å²) in [5.41, 5.74) is 1.96. The molecule has 2 aromatic heterocycles. The summed E-state index contributed by atoms with van der Waals surface area (Å²) in [5, 5.41) is 34.8. The summed E-state index contributed by atoms with van der Waals surface area (Å²) in [4.78, 5) is 0. The average molecular weight is 351 g/mol. The van der Waals surface area contributed by atoms with Gasteiger partial charge in [0.1, 0.15) is 23.1 Å². The van der Waals surface area contributed by atoms with Crippen LogP contribution < -0.4 is 5.32 Å². The third-order valence-electron chi connectivity index (χ3n) is 3.80. The number of nitrogens with zero attached hydrogens (tertiary/aromatic N) is 4. The third kappa shape index (κ3) is 3.12. The standard InChI is InChI=1S/C18H14FN5O2/c19-13-3-1-12(2-4-13)18-22-21-17-6-5-16(23-24(17)18)20-10-11-7-14(25)9-15(26)8-11/h1-9,25-26H,10H2,(H,20,23). The van der Waals surface area contributed by atoms with E-state index in [0.717, 1.165) is 0 Å². The number of fused-ring (bicyclic) bond motifs is 1. The van der Waals surface area contributed by atoms with E-state index in [1.54, 1.807) is 40.9 Å². The molecule has 2 heterocycles. The predicted octanol–water partition coefficient (Wildman–Crippen LogP) is 2.95. The minimum atomic E-state index is -0.327. The van der Waals surface area contributed by atoms with Gasteiger partial charge >= 0.3 is 0 Å². The highest BCUT2D eigenvalue weighted by Gasteiger charge is 2.10. The Morgan fingerprint density at radius 2 is 1.65 bits per heavy atom. The Morgan fingerprint density at radius 3 is 2.38 bits per heavy atom. The molecule has 2 aromatic carbocycles. The predicted molar refractivity (Wildman–Crippen MR) is 93.3 cm³/mol. The van der Waals surface area contributed by atoms with Gasteiger partial charge in [-0.25, -0.2) is 4.39 Å². The van der Waals surface area contributed by atoms with Crippen molar-refractivity contribution >= 4 is 11.5 Å². The molecule has 26 heavy (non-hydrogen) atoms. The smallest absolute Gasteiger partial charge is 0.185 e. The lowest BCUT2D eigenvalue weighted by Crippen LogP contribution is -2.04. The van der Waals surface area contributed by atoms with Crippen LogP contribution in [-0.4, -0.2) is 30.0 Å². The van der Waals surface area contributed by atoms with Crippen LogP contribution in [0.5, 0.6) is 11.5 Å². The minimum Gasteiger partial charge on any atom is -0.508 e. The van der Waals surface area contributed by atoms with Crippen LogP contribution in [0.15, 0.2) is 54.6 Å². The average Bonchev–Trinajstić information content (AvgIpc) is 3.03. The van der Waals surface area contributed by atoms with Crippen molar-refractivity contribution in [2.45, 2.75) is 6.54 Å².